The molecule has 0 aliphatic carbocycles. The van der Waals surface area contributed by atoms with Crippen LogP contribution >= 0.6 is 11.3 Å². The molecule has 0 spiro atoms. The van der Waals surface area contributed by atoms with Gasteiger partial charge in [0.2, 0.25) is 0 Å². The van der Waals surface area contributed by atoms with Gasteiger partial charge in [0.05, 0.1) is 5.01 Å². The lowest BCUT2D eigenvalue weighted by molar-refractivity contribution is 0.398. The Labute approximate surface area is 103 Å². The summed E-state index contributed by atoms with van der Waals surface area (Å²) in [5.41, 5.74) is 0. The second-order valence-corrected chi connectivity index (χ2v) is 5.79. The van der Waals surface area contributed by atoms with Crippen LogP contribution in [0.15, 0.2) is 6.20 Å². The molecule has 0 fully saturated rings. The molecule has 2 atom stereocenters. The van der Waals surface area contributed by atoms with Crippen LogP contribution in [0.5, 0.6) is 0 Å². The quantitative estimate of drug-likeness (QED) is 0.781. The topological polar surface area (TPSA) is 24.9 Å². The van der Waals surface area contributed by atoms with Crippen molar-refractivity contribution in [1.82, 2.24) is 10.3 Å². The number of thiazole rings is 1. The first-order valence-electron chi connectivity index (χ1n) is 6.33. The minimum Gasteiger partial charge on any atom is -0.309 e. The molecule has 16 heavy (non-hydrogen) atoms. The summed E-state index contributed by atoms with van der Waals surface area (Å²) in [6, 6.07) is 0.498. The van der Waals surface area contributed by atoms with E-state index in [-0.39, 0.29) is 0 Å². The molecular weight excluding hydrogens is 216 g/mol. The maximum absolute atomic E-state index is 4.35. The number of aromatic nitrogens is 1. The van der Waals surface area contributed by atoms with Gasteiger partial charge < -0.3 is 5.32 Å². The molecule has 1 N–H and O–H groups in total. The average Bonchev–Trinajstić information content (AvgIpc) is 2.64. The van der Waals surface area contributed by atoms with E-state index in [1.807, 2.05) is 17.5 Å². The highest BCUT2D eigenvalue weighted by atomic mass is 32.1. The lowest BCUT2D eigenvalue weighted by Crippen LogP contribution is -2.22. The van der Waals surface area contributed by atoms with E-state index in [1.165, 1.54) is 29.1 Å². The van der Waals surface area contributed by atoms with Gasteiger partial charge in [-0.1, -0.05) is 33.6 Å². The van der Waals surface area contributed by atoms with Crippen LogP contribution in [0.1, 0.15) is 56.0 Å². The van der Waals surface area contributed by atoms with Gasteiger partial charge in [-0.3, -0.25) is 0 Å². The summed E-state index contributed by atoms with van der Waals surface area (Å²) in [6.07, 6.45) is 5.86. The van der Waals surface area contributed by atoms with Crippen LogP contribution in [-0.4, -0.2) is 11.5 Å². The summed E-state index contributed by atoms with van der Waals surface area (Å²) >= 11 is 1.82. The third kappa shape index (κ3) is 4.22. The summed E-state index contributed by atoms with van der Waals surface area (Å²) < 4.78 is 0. The van der Waals surface area contributed by atoms with Gasteiger partial charge in [0.1, 0.15) is 0 Å². The van der Waals surface area contributed by atoms with E-state index in [9.17, 15) is 0 Å². The van der Waals surface area contributed by atoms with Crippen LogP contribution in [0.4, 0.5) is 0 Å². The van der Waals surface area contributed by atoms with Crippen LogP contribution in [0.3, 0.4) is 0 Å². The molecule has 2 nitrogen and oxygen atoms in total. The predicted molar refractivity (Wildman–Crippen MR) is 72.0 cm³/mol. The van der Waals surface area contributed by atoms with E-state index in [0.29, 0.717) is 6.04 Å². The summed E-state index contributed by atoms with van der Waals surface area (Å²) in [4.78, 5) is 5.74. The zero-order valence-electron chi connectivity index (χ0n) is 10.9. The van der Waals surface area contributed by atoms with Crippen LogP contribution in [-0.2, 0) is 0 Å². The summed E-state index contributed by atoms with van der Waals surface area (Å²) in [6.45, 7) is 9.88. The fourth-order valence-electron chi connectivity index (χ4n) is 2.10. The van der Waals surface area contributed by atoms with Gasteiger partial charge in [0.15, 0.2) is 0 Å². The van der Waals surface area contributed by atoms with Gasteiger partial charge >= 0.3 is 0 Å². The molecule has 0 bridgehead atoms. The average molecular weight is 240 g/mol. The molecule has 1 aromatic heterocycles. The van der Waals surface area contributed by atoms with E-state index in [2.05, 4.69) is 38.0 Å². The molecule has 2 unspecified atom stereocenters. The van der Waals surface area contributed by atoms with Crippen molar-refractivity contribution in [3.05, 3.63) is 16.1 Å². The zero-order valence-corrected chi connectivity index (χ0v) is 11.7. The molecular formula is C13H24N2S. The minimum atomic E-state index is 0.498. The highest BCUT2D eigenvalue weighted by molar-refractivity contribution is 7.11. The van der Waals surface area contributed by atoms with E-state index in [1.54, 1.807) is 0 Å². The van der Waals surface area contributed by atoms with Gasteiger partial charge in [-0.25, -0.2) is 4.98 Å². The molecule has 1 rings (SSSR count). The molecule has 0 radical (unpaired) electrons. The van der Waals surface area contributed by atoms with Crippen molar-refractivity contribution in [1.29, 1.82) is 0 Å². The lowest BCUT2D eigenvalue weighted by atomic mass is 9.96. The first kappa shape index (κ1) is 13.7. The number of hydrogen-bond donors (Lipinski definition) is 1. The Kier molecular flexibility index (Phi) is 5.99. The number of aryl methyl sites for hydroxylation is 1. The van der Waals surface area contributed by atoms with E-state index >= 15 is 0 Å². The van der Waals surface area contributed by atoms with Crippen molar-refractivity contribution >= 4 is 11.3 Å². The predicted octanol–water partition coefficient (Wildman–Crippen LogP) is 3.93. The standard InChI is InChI=1S/C13H24N2S/c1-5-7-10(3)8-12(14-6-2)13-9-15-11(4)16-13/h9-10,12,14H,5-8H2,1-4H3. The fraction of sp³-hybridized carbons (Fsp3) is 0.769. The normalized spacial score (nSPS) is 15.0. The van der Waals surface area contributed by atoms with Gasteiger partial charge in [-0.15, -0.1) is 11.3 Å². The van der Waals surface area contributed by atoms with Crippen LogP contribution in [0, 0.1) is 12.8 Å². The van der Waals surface area contributed by atoms with Gasteiger partial charge in [-0.05, 0) is 25.8 Å². The van der Waals surface area contributed by atoms with Crippen molar-refractivity contribution in [2.45, 2.75) is 53.0 Å². The molecule has 0 saturated carbocycles. The smallest absolute Gasteiger partial charge is 0.0897 e. The number of nitrogens with zero attached hydrogens (tertiary/aromatic N) is 1. The Hall–Kier alpha value is -0.410. The first-order valence-corrected chi connectivity index (χ1v) is 7.14. The van der Waals surface area contributed by atoms with Crippen molar-refractivity contribution in [3.8, 4) is 0 Å². The largest absolute Gasteiger partial charge is 0.309 e. The molecule has 0 aliphatic rings. The number of rotatable bonds is 7. The third-order valence-corrected chi connectivity index (χ3v) is 3.88. The molecule has 0 aromatic carbocycles. The maximum atomic E-state index is 4.35. The summed E-state index contributed by atoms with van der Waals surface area (Å²) in [7, 11) is 0. The molecule has 3 heteroatoms. The molecule has 1 heterocycles. The van der Waals surface area contributed by atoms with Crippen molar-refractivity contribution in [2.75, 3.05) is 6.54 Å². The lowest BCUT2D eigenvalue weighted by Gasteiger charge is -2.20. The zero-order chi connectivity index (χ0) is 12.0. The fourth-order valence-corrected chi connectivity index (χ4v) is 2.97. The van der Waals surface area contributed by atoms with E-state index in [4.69, 9.17) is 0 Å². The molecule has 0 saturated heterocycles. The maximum Gasteiger partial charge on any atom is 0.0897 e. The molecule has 0 aliphatic heterocycles. The van der Waals surface area contributed by atoms with Crippen LogP contribution in [0.25, 0.3) is 0 Å². The summed E-state index contributed by atoms with van der Waals surface area (Å²) in [5.74, 6) is 0.788. The first-order chi connectivity index (χ1) is 7.67. The Balaban J connectivity index is 2.60. The minimum absolute atomic E-state index is 0.498. The molecule has 0 amide bonds. The van der Waals surface area contributed by atoms with Gasteiger partial charge in [-0.2, -0.15) is 0 Å². The van der Waals surface area contributed by atoms with Crippen molar-refractivity contribution < 1.29 is 0 Å². The Morgan fingerprint density at radius 3 is 2.69 bits per heavy atom. The molecule has 92 valence electrons. The SMILES string of the molecule is CCCC(C)CC(NCC)c1cnc(C)s1. The van der Waals surface area contributed by atoms with Gasteiger partial charge in [0.25, 0.3) is 0 Å². The molecule has 1 aromatic rings. The number of nitrogens with one attached hydrogen (secondary N) is 1. The second-order valence-electron chi connectivity index (χ2n) is 4.52. The second kappa shape index (κ2) is 7.02. The van der Waals surface area contributed by atoms with Crippen molar-refractivity contribution in [3.63, 3.8) is 0 Å². The highest BCUT2D eigenvalue weighted by Gasteiger charge is 2.16. The number of hydrogen-bond acceptors (Lipinski definition) is 3. The van der Waals surface area contributed by atoms with Crippen molar-refractivity contribution in [2.24, 2.45) is 5.92 Å². The van der Waals surface area contributed by atoms with E-state index < -0.39 is 0 Å². The van der Waals surface area contributed by atoms with Gasteiger partial charge in [0, 0.05) is 17.1 Å². The third-order valence-electron chi connectivity index (χ3n) is 2.85. The summed E-state index contributed by atoms with van der Waals surface area (Å²) in [5, 5.41) is 4.74. The Bertz CT molecular complexity index is 296. The Morgan fingerprint density at radius 2 is 2.19 bits per heavy atom. The monoisotopic (exact) mass is 240 g/mol. The highest BCUT2D eigenvalue weighted by Crippen LogP contribution is 2.27. The van der Waals surface area contributed by atoms with E-state index in [0.717, 1.165) is 12.5 Å². The van der Waals surface area contributed by atoms with Crippen LogP contribution < -0.4 is 5.32 Å². The Morgan fingerprint density at radius 1 is 1.44 bits per heavy atom. The van der Waals surface area contributed by atoms with Crippen LogP contribution in [0.2, 0.25) is 0 Å².